The van der Waals surface area contributed by atoms with Gasteiger partial charge in [0.2, 0.25) is 0 Å². The zero-order valence-electron chi connectivity index (χ0n) is 11.4. The van der Waals surface area contributed by atoms with Crippen molar-refractivity contribution in [3.8, 4) is 0 Å². The van der Waals surface area contributed by atoms with Crippen molar-refractivity contribution in [2.75, 3.05) is 5.43 Å². The zero-order chi connectivity index (χ0) is 14.4. The molecule has 2 aromatic rings. The number of rotatable bonds is 5. The number of nitrogens with two attached hydrogens (primary N) is 1. The van der Waals surface area contributed by atoms with E-state index >= 15 is 0 Å². The Bertz CT molecular complexity index is 581. The van der Waals surface area contributed by atoms with Crippen LogP contribution in [-0.4, -0.2) is 10.9 Å². The van der Waals surface area contributed by atoms with Gasteiger partial charge in [-0.1, -0.05) is 31.2 Å². The molecule has 0 fully saturated rings. The number of carbonyl (C=O) groups excluding carboxylic acids is 1. The molecule has 20 heavy (non-hydrogen) atoms. The van der Waals surface area contributed by atoms with Crippen LogP contribution < -0.4 is 16.6 Å². The number of nitrogens with zero attached hydrogens (tertiary/aromatic N) is 1. The van der Waals surface area contributed by atoms with Gasteiger partial charge in [-0.25, -0.2) is 0 Å². The van der Waals surface area contributed by atoms with Crippen molar-refractivity contribution in [3.63, 3.8) is 0 Å². The number of anilines is 1. The minimum absolute atomic E-state index is 0.181. The minimum Gasteiger partial charge on any atom is -0.348 e. The fourth-order valence-electron chi connectivity index (χ4n) is 1.88. The van der Waals surface area contributed by atoms with Gasteiger partial charge < -0.3 is 10.7 Å². The first-order valence-corrected chi connectivity index (χ1v) is 6.51. The lowest BCUT2D eigenvalue weighted by Crippen LogP contribution is -2.24. The lowest BCUT2D eigenvalue weighted by atomic mass is 10.1. The summed E-state index contributed by atoms with van der Waals surface area (Å²) in [6.07, 6.45) is 4.09. The van der Waals surface area contributed by atoms with Gasteiger partial charge >= 0.3 is 0 Å². The molecule has 0 bridgehead atoms. The van der Waals surface area contributed by atoms with Crippen molar-refractivity contribution in [2.45, 2.75) is 19.9 Å². The Morgan fingerprint density at radius 2 is 1.90 bits per heavy atom. The molecule has 5 heteroatoms. The largest absolute Gasteiger partial charge is 0.348 e. The molecule has 0 aliphatic carbocycles. The lowest BCUT2D eigenvalue weighted by Gasteiger charge is -2.09. The van der Waals surface area contributed by atoms with E-state index in [9.17, 15) is 4.79 Å². The molecule has 2 rings (SSSR count). The molecule has 0 atom stereocenters. The summed E-state index contributed by atoms with van der Waals surface area (Å²) in [7, 11) is 0. The maximum atomic E-state index is 12.1. The molecule has 1 amide bonds. The molecule has 0 saturated carbocycles. The Morgan fingerprint density at radius 1 is 1.20 bits per heavy atom. The maximum absolute atomic E-state index is 12.1. The van der Waals surface area contributed by atoms with Crippen LogP contribution >= 0.6 is 0 Å². The summed E-state index contributed by atoms with van der Waals surface area (Å²) in [5, 5.41) is 2.87. The summed E-state index contributed by atoms with van der Waals surface area (Å²) in [4.78, 5) is 16.0. The SMILES string of the molecule is CCc1ccc(CNC(=O)c2ccncc2NN)cc1. The second kappa shape index (κ2) is 6.68. The molecular formula is C15H18N4O. The molecule has 4 N–H and O–H groups in total. The van der Waals surface area contributed by atoms with E-state index in [0.29, 0.717) is 17.8 Å². The molecule has 0 aliphatic rings. The van der Waals surface area contributed by atoms with Gasteiger partial charge in [-0.2, -0.15) is 0 Å². The zero-order valence-corrected chi connectivity index (χ0v) is 11.4. The Hall–Kier alpha value is -2.40. The maximum Gasteiger partial charge on any atom is 0.253 e. The average Bonchev–Trinajstić information content (AvgIpc) is 2.53. The normalized spacial score (nSPS) is 10.1. The van der Waals surface area contributed by atoms with Gasteiger partial charge in [0.15, 0.2) is 0 Å². The average molecular weight is 270 g/mol. The van der Waals surface area contributed by atoms with Gasteiger partial charge in [0.25, 0.3) is 5.91 Å². The predicted octanol–water partition coefficient (Wildman–Crippen LogP) is 1.86. The Kier molecular flexibility index (Phi) is 4.68. The number of benzene rings is 1. The number of aryl methyl sites for hydroxylation is 1. The van der Waals surface area contributed by atoms with Crippen LogP contribution in [0.3, 0.4) is 0 Å². The van der Waals surface area contributed by atoms with E-state index in [1.54, 1.807) is 12.3 Å². The highest BCUT2D eigenvalue weighted by atomic mass is 16.1. The van der Waals surface area contributed by atoms with E-state index in [1.807, 2.05) is 12.1 Å². The van der Waals surface area contributed by atoms with Crippen LogP contribution in [0.1, 0.15) is 28.4 Å². The van der Waals surface area contributed by atoms with Gasteiger partial charge in [0, 0.05) is 12.7 Å². The van der Waals surface area contributed by atoms with Gasteiger partial charge in [-0.05, 0) is 23.6 Å². The second-order valence-corrected chi connectivity index (χ2v) is 4.42. The third-order valence-electron chi connectivity index (χ3n) is 3.11. The fourth-order valence-corrected chi connectivity index (χ4v) is 1.88. The van der Waals surface area contributed by atoms with E-state index in [2.05, 4.69) is 34.8 Å². The predicted molar refractivity (Wildman–Crippen MR) is 79.0 cm³/mol. The molecule has 0 spiro atoms. The summed E-state index contributed by atoms with van der Waals surface area (Å²) in [6, 6.07) is 9.81. The molecule has 104 valence electrons. The Balaban J connectivity index is 2.01. The van der Waals surface area contributed by atoms with Crippen molar-refractivity contribution in [1.29, 1.82) is 0 Å². The molecule has 1 aromatic carbocycles. The Labute approximate surface area is 118 Å². The second-order valence-electron chi connectivity index (χ2n) is 4.42. The van der Waals surface area contributed by atoms with Gasteiger partial charge in [-0.3, -0.25) is 15.6 Å². The van der Waals surface area contributed by atoms with Crippen molar-refractivity contribution in [1.82, 2.24) is 10.3 Å². The van der Waals surface area contributed by atoms with E-state index in [0.717, 1.165) is 12.0 Å². The lowest BCUT2D eigenvalue weighted by molar-refractivity contribution is 0.0951. The topological polar surface area (TPSA) is 80.0 Å². The number of hydrogen-bond acceptors (Lipinski definition) is 4. The van der Waals surface area contributed by atoms with E-state index in [4.69, 9.17) is 5.84 Å². The van der Waals surface area contributed by atoms with Crippen LogP contribution in [0.4, 0.5) is 5.69 Å². The Morgan fingerprint density at radius 3 is 2.55 bits per heavy atom. The first-order chi connectivity index (χ1) is 9.74. The third kappa shape index (κ3) is 3.33. The van der Waals surface area contributed by atoms with Crippen molar-refractivity contribution < 1.29 is 4.79 Å². The molecule has 0 aliphatic heterocycles. The highest BCUT2D eigenvalue weighted by Crippen LogP contribution is 2.12. The van der Waals surface area contributed by atoms with Crippen molar-refractivity contribution >= 4 is 11.6 Å². The molecule has 0 unspecified atom stereocenters. The van der Waals surface area contributed by atoms with Gasteiger partial charge in [-0.15, -0.1) is 0 Å². The first-order valence-electron chi connectivity index (χ1n) is 6.51. The van der Waals surface area contributed by atoms with Crippen molar-refractivity contribution in [2.24, 2.45) is 5.84 Å². The fraction of sp³-hybridized carbons (Fsp3) is 0.200. The number of hydrazine groups is 1. The summed E-state index contributed by atoms with van der Waals surface area (Å²) >= 11 is 0. The number of carbonyl (C=O) groups is 1. The summed E-state index contributed by atoms with van der Waals surface area (Å²) in [5.74, 6) is 5.18. The molecule has 1 aromatic heterocycles. The first kappa shape index (κ1) is 14.0. The highest BCUT2D eigenvalue weighted by molar-refractivity contribution is 5.99. The molecular weight excluding hydrogens is 252 g/mol. The van der Waals surface area contributed by atoms with Crippen LogP contribution in [0.25, 0.3) is 0 Å². The number of hydrogen-bond donors (Lipinski definition) is 3. The molecule has 5 nitrogen and oxygen atoms in total. The molecule has 0 saturated heterocycles. The van der Waals surface area contributed by atoms with E-state index in [-0.39, 0.29) is 5.91 Å². The summed E-state index contributed by atoms with van der Waals surface area (Å²) in [5.41, 5.74) is 5.79. The van der Waals surface area contributed by atoms with Crippen molar-refractivity contribution in [3.05, 3.63) is 59.4 Å². The van der Waals surface area contributed by atoms with Crippen LogP contribution in [0, 0.1) is 0 Å². The van der Waals surface area contributed by atoms with Gasteiger partial charge in [0.1, 0.15) is 0 Å². The quantitative estimate of drug-likeness (QED) is 0.572. The number of nitrogens with one attached hydrogen (secondary N) is 2. The van der Waals surface area contributed by atoms with Crippen LogP contribution in [0.2, 0.25) is 0 Å². The monoisotopic (exact) mass is 270 g/mol. The van der Waals surface area contributed by atoms with E-state index in [1.165, 1.54) is 11.8 Å². The van der Waals surface area contributed by atoms with Crippen LogP contribution in [0.5, 0.6) is 0 Å². The van der Waals surface area contributed by atoms with Gasteiger partial charge in [0.05, 0.1) is 17.4 Å². The third-order valence-corrected chi connectivity index (χ3v) is 3.11. The summed E-state index contributed by atoms with van der Waals surface area (Å²) < 4.78 is 0. The minimum atomic E-state index is -0.181. The number of aromatic nitrogens is 1. The van der Waals surface area contributed by atoms with Crippen LogP contribution in [-0.2, 0) is 13.0 Å². The molecule has 0 radical (unpaired) electrons. The van der Waals surface area contributed by atoms with E-state index < -0.39 is 0 Å². The highest BCUT2D eigenvalue weighted by Gasteiger charge is 2.10. The smallest absolute Gasteiger partial charge is 0.253 e. The van der Waals surface area contributed by atoms with Crippen LogP contribution in [0.15, 0.2) is 42.7 Å². The number of amides is 1. The standard InChI is InChI=1S/C15H18N4O/c1-2-11-3-5-12(6-4-11)9-18-15(20)13-7-8-17-10-14(13)19-16/h3-8,10,19H,2,9,16H2,1H3,(H,18,20). The number of nitrogen functional groups attached to an aromatic ring is 1. The number of pyridine rings is 1. The molecule has 1 heterocycles. The summed E-state index contributed by atoms with van der Waals surface area (Å²) in [6.45, 7) is 2.59.